The zero-order valence-electron chi connectivity index (χ0n) is 61.7. The average Bonchev–Trinajstić information content (AvgIpc) is 0.986. The molecule has 0 aliphatic heterocycles. The summed E-state index contributed by atoms with van der Waals surface area (Å²) >= 11 is 0. The third-order valence-corrected chi connectivity index (χ3v) is 17.9. The molecule has 0 heterocycles. The topological polar surface area (TPSA) is 237 Å². The smallest absolute Gasteiger partial charge is 0.462 e. The monoisotopic (exact) mass is 1420 g/mol. The van der Waals surface area contributed by atoms with Crippen LogP contribution in [0.25, 0.3) is 0 Å². The predicted octanol–water partition coefficient (Wildman–Crippen LogP) is 22.0. The molecule has 0 saturated heterocycles. The summed E-state index contributed by atoms with van der Waals surface area (Å²) in [6, 6.07) is 0. The molecule has 0 spiro atoms. The highest BCUT2D eigenvalue weighted by atomic mass is 31.2. The van der Waals surface area contributed by atoms with Crippen molar-refractivity contribution < 1.29 is 80.2 Å². The molecule has 5 atom stereocenters. The fraction of sp³-hybridized carbons (Fsp3) is 0.747. The number of aliphatic hydroxyl groups excluding tert-OH is 1. The first-order valence-electron chi connectivity index (χ1n) is 38.5. The van der Waals surface area contributed by atoms with E-state index < -0.39 is 97.5 Å². The van der Waals surface area contributed by atoms with Crippen LogP contribution in [-0.4, -0.2) is 96.7 Å². The van der Waals surface area contributed by atoms with E-state index in [0.29, 0.717) is 32.1 Å². The molecule has 0 saturated carbocycles. The number of hydrogen-bond donors (Lipinski definition) is 3. The molecule has 98 heavy (non-hydrogen) atoms. The first-order valence-corrected chi connectivity index (χ1v) is 41.5. The molecule has 0 rings (SSSR count). The van der Waals surface area contributed by atoms with Crippen LogP contribution in [0.15, 0.2) is 97.2 Å². The Morgan fingerprint density at radius 3 is 0.918 bits per heavy atom. The Balaban J connectivity index is 5.37. The van der Waals surface area contributed by atoms with Crippen molar-refractivity contribution in [1.82, 2.24) is 0 Å². The minimum absolute atomic E-state index is 0.0665. The zero-order chi connectivity index (χ0) is 71.8. The summed E-state index contributed by atoms with van der Waals surface area (Å²) in [5.74, 6) is -2.25. The maximum absolute atomic E-state index is 13.1. The Morgan fingerprint density at radius 1 is 0.296 bits per heavy atom. The largest absolute Gasteiger partial charge is 0.472 e. The van der Waals surface area contributed by atoms with Gasteiger partial charge in [-0.15, -0.1) is 0 Å². The van der Waals surface area contributed by atoms with Crippen LogP contribution in [0.1, 0.15) is 323 Å². The zero-order valence-corrected chi connectivity index (χ0v) is 63.5. The predicted molar refractivity (Wildman–Crippen MR) is 399 cm³/mol. The maximum Gasteiger partial charge on any atom is 0.472 e. The molecule has 17 nitrogen and oxygen atoms in total. The van der Waals surface area contributed by atoms with Crippen LogP contribution in [0, 0.1) is 0 Å². The number of aliphatic hydroxyl groups is 1. The lowest BCUT2D eigenvalue weighted by Gasteiger charge is -2.21. The van der Waals surface area contributed by atoms with Gasteiger partial charge in [0.2, 0.25) is 0 Å². The standard InChI is InChI=1S/C79H138O17P2/c1-5-9-13-17-21-25-29-32-35-36-39-41-45-48-52-56-60-64-77(82)90-70-75(96-79(84)66-62-58-54-50-46-42-38-34-31-27-23-19-15-11-7-3)72-94-98(87,88)92-68-73(80)67-91-97(85,86)93-71-74(95-78(83)65-61-57-53-49-43-28-24-20-16-12-8-4)69-89-76(81)63-59-55-51-47-44-40-37-33-30-26-22-18-14-10-6-2/h9,13,20-21,23-25,27,32,34-35,38-39,41,48,52,73-75,80H,5-8,10-12,14-19,22,26,28-31,33,36-37,40,42-47,49-51,53-72H2,1-4H3,(H,85,86)(H,87,88)/b13-9-,24-20-,25-21-,27-23-,35-32-,38-34-,41-39-,52-48-. The summed E-state index contributed by atoms with van der Waals surface area (Å²) in [6.07, 6.45) is 74.1. The lowest BCUT2D eigenvalue weighted by molar-refractivity contribution is -0.161. The highest BCUT2D eigenvalue weighted by Gasteiger charge is 2.30. The van der Waals surface area contributed by atoms with Crippen LogP contribution in [-0.2, 0) is 65.4 Å². The van der Waals surface area contributed by atoms with E-state index in [-0.39, 0.29) is 25.7 Å². The Labute approximate surface area is 595 Å². The van der Waals surface area contributed by atoms with Gasteiger partial charge in [0.15, 0.2) is 12.2 Å². The van der Waals surface area contributed by atoms with Crippen LogP contribution < -0.4 is 0 Å². The fourth-order valence-corrected chi connectivity index (χ4v) is 11.7. The maximum atomic E-state index is 13.1. The molecule has 0 aliphatic carbocycles. The van der Waals surface area contributed by atoms with Crippen LogP contribution in [0.2, 0.25) is 0 Å². The number of carbonyl (C=O) groups excluding carboxylic acids is 4. The van der Waals surface area contributed by atoms with E-state index in [1.807, 2.05) is 12.2 Å². The van der Waals surface area contributed by atoms with E-state index >= 15 is 0 Å². The normalized spacial score (nSPS) is 14.5. The van der Waals surface area contributed by atoms with Gasteiger partial charge < -0.3 is 33.8 Å². The Morgan fingerprint density at radius 2 is 0.551 bits per heavy atom. The minimum Gasteiger partial charge on any atom is -0.462 e. The first kappa shape index (κ1) is 94.0. The van der Waals surface area contributed by atoms with Gasteiger partial charge in [0.05, 0.1) is 26.4 Å². The Bertz CT molecular complexity index is 2240. The quantitative estimate of drug-likeness (QED) is 0.0169. The van der Waals surface area contributed by atoms with E-state index in [1.165, 1.54) is 103 Å². The van der Waals surface area contributed by atoms with Gasteiger partial charge in [0, 0.05) is 25.7 Å². The molecule has 0 amide bonds. The van der Waals surface area contributed by atoms with Gasteiger partial charge in [0.25, 0.3) is 0 Å². The van der Waals surface area contributed by atoms with Gasteiger partial charge >= 0.3 is 39.5 Å². The third-order valence-electron chi connectivity index (χ3n) is 16.0. The van der Waals surface area contributed by atoms with Gasteiger partial charge in [-0.05, 0) is 116 Å². The number of allylic oxidation sites excluding steroid dienone is 16. The highest BCUT2D eigenvalue weighted by molar-refractivity contribution is 7.47. The summed E-state index contributed by atoms with van der Waals surface area (Å²) in [7, 11) is -9.96. The molecular weight excluding hydrogens is 1280 g/mol. The molecule has 0 bridgehead atoms. The van der Waals surface area contributed by atoms with Crippen molar-refractivity contribution in [3.8, 4) is 0 Å². The molecule has 19 heteroatoms. The highest BCUT2D eigenvalue weighted by Crippen LogP contribution is 2.45. The van der Waals surface area contributed by atoms with E-state index in [2.05, 4.69) is 113 Å². The van der Waals surface area contributed by atoms with Crippen molar-refractivity contribution in [2.24, 2.45) is 0 Å². The van der Waals surface area contributed by atoms with Crippen molar-refractivity contribution in [1.29, 1.82) is 0 Å². The van der Waals surface area contributed by atoms with E-state index in [1.54, 1.807) is 0 Å². The third kappa shape index (κ3) is 70.4. The minimum atomic E-state index is -4.99. The number of hydrogen-bond acceptors (Lipinski definition) is 15. The van der Waals surface area contributed by atoms with Gasteiger partial charge in [0.1, 0.15) is 19.3 Å². The molecule has 0 aromatic heterocycles. The number of carbonyl (C=O) groups is 4. The Kier molecular flexibility index (Phi) is 68.4. The number of esters is 4. The van der Waals surface area contributed by atoms with Gasteiger partial charge in [-0.1, -0.05) is 279 Å². The second-order valence-corrected chi connectivity index (χ2v) is 28.5. The molecule has 0 fully saturated rings. The molecule has 3 N–H and O–H groups in total. The van der Waals surface area contributed by atoms with Crippen LogP contribution >= 0.6 is 15.6 Å². The van der Waals surface area contributed by atoms with Crippen molar-refractivity contribution >= 4 is 39.5 Å². The molecule has 0 radical (unpaired) electrons. The van der Waals surface area contributed by atoms with Crippen molar-refractivity contribution in [2.75, 3.05) is 39.6 Å². The summed E-state index contributed by atoms with van der Waals surface area (Å²) in [6.45, 7) is 4.63. The molecule has 0 aromatic carbocycles. The number of unbranched alkanes of at least 4 members (excludes halogenated alkanes) is 30. The number of phosphoric ester groups is 2. The van der Waals surface area contributed by atoms with Crippen LogP contribution in [0.5, 0.6) is 0 Å². The lowest BCUT2D eigenvalue weighted by atomic mass is 10.0. The summed E-state index contributed by atoms with van der Waals surface area (Å²) in [5, 5.41) is 10.6. The number of rotatable bonds is 72. The fourth-order valence-electron chi connectivity index (χ4n) is 10.1. The molecule has 0 aliphatic rings. The lowest BCUT2D eigenvalue weighted by Crippen LogP contribution is -2.30. The van der Waals surface area contributed by atoms with Gasteiger partial charge in [-0.2, -0.15) is 0 Å². The number of phosphoric acid groups is 2. The molecular formula is C79H138O17P2. The number of ether oxygens (including phenoxy) is 4. The second-order valence-electron chi connectivity index (χ2n) is 25.6. The first-order chi connectivity index (χ1) is 47.7. The van der Waals surface area contributed by atoms with Crippen molar-refractivity contribution in [3.05, 3.63) is 97.2 Å². The van der Waals surface area contributed by atoms with Crippen molar-refractivity contribution in [3.63, 3.8) is 0 Å². The van der Waals surface area contributed by atoms with Crippen LogP contribution in [0.4, 0.5) is 0 Å². The van der Waals surface area contributed by atoms with E-state index in [9.17, 15) is 43.2 Å². The van der Waals surface area contributed by atoms with Gasteiger partial charge in [-0.25, -0.2) is 9.13 Å². The summed E-state index contributed by atoms with van der Waals surface area (Å²) in [5.41, 5.74) is 0. The Hall–Kier alpha value is -4.02. The van der Waals surface area contributed by atoms with E-state index in [4.69, 9.17) is 37.0 Å². The van der Waals surface area contributed by atoms with E-state index in [0.717, 1.165) is 135 Å². The second kappa shape index (κ2) is 71.4. The average molecular weight is 1420 g/mol. The molecule has 566 valence electrons. The van der Waals surface area contributed by atoms with Gasteiger partial charge in [-0.3, -0.25) is 37.3 Å². The summed E-state index contributed by atoms with van der Waals surface area (Å²) in [4.78, 5) is 72.8. The molecule has 5 unspecified atom stereocenters. The SMILES string of the molecule is CC/C=C\C/C=C\C/C=C\C/C=C\C/C=C\CCCC(=O)OCC(COP(=O)(O)OCC(O)COP(=O)(O)OCC(COC(=O)CCCCCCCCCCCCCCCCC)OC(=O)CCCCCCC/C=C\CCCC)OC(=O)CCCCCCC/C=C\C/C=C\CCCCC. The summed E-state index contributed by atoms with van der Waals surface area (Å²) < 4.78 is 68.4. The van der Waals surface area contributed by atoms with Crippen LogP contribution in [0.3, 0.4) is 0 Å². The molecule has 0 aromatic rings. The van der Waals surface area contributed by atoms with Crippen molar-refractivity contribution in [2.45, 2.75) is 341 Å².